The third-order valence-electron chi connectivity index (χ3n) is 3.61. The summed E-state index contributed by atoms with van der Waals surface area (Å²) in [5.74, 6) is 0.745. The van der Waals surface area contributed by atoms with E-state index >= 15 is 0 Å². The Morgan fingerprint density at radius 3 is 2.44 bits per heavy atom. The maximum Gasteiger partial charge on any atom is 0.191 e. The molecule has 0 aromatic heterocycles. The van der Waals surface area contributed by atoms with Crippen molar-refractivity contribution in [2.45, 2.75) is 6.61 Å². The van der Waals surface area contributed by atoms with Crippen molar-refractivity contribution >= 4 is 45.2 Å². The molecule has 0 bridgehead atoms. The standard InChI is InChI=1S/C21H18BrN3OS/c22-18-11-12-20(26-15-16-7-3-1-4-8-16)17(13-18)14-23-25-21(27)24-19-9-5-2-6-10-19/h1-14H,15H2,(H2,24,25,27)/b23-14+. The van der Waals surface area contributed by atoms with Gasteiger partial charge < -0.3 is 10.1 Å². The van der Waals surface area contributed by atoms with Crippen LogP contribution in [0.1, 0.15) is 11.1 Å². The summed E-state index contributed by atoms with van der Waals surface area (Å²) in [6, 6.07) is 25.5. The average Bonchev–Trinajstić information content (AvgIpc) is 2.69. The maximum absolute atomic E-state index is 5.94. The fourth-order valence-corrected chi connectivity index (χ4v) is 2.88. The Labute approximate surface area is 172 Å². The second-order valence-electron chi connectivity index (χ2n) is 5.65. The molecule has 27 heavy (non-hydrogen) atoms. The molecule has 0 spiro atoms. The summed E-state index contributed by atoms with van der Waals surface area (Å²) in [6.07, 6.45) is 1.68. The van der Waals surface area contributed by atoms with E-state index < -0.39 is 0 Å². The lowest BCUT2D eigenvalue weighted by Gasteiger charge is -2.10. The number of benzene rings is 3. The highest BCUT2D eigenvalue weighted by molar-refractivity contribution is 9.10. The van der Waals surface area contributed by atoms with Crippen LogP contribution >= 0.6 is 28.1 Å². The highest BCUT2D eigenvalue weighted by Crippen LogP contribution is 2.22. The molecule has 6 heteroatoms. The Morgan fingerprint density at radius 1 is 1.00 bits per heavy atom. The van der Waals surface area contributed by atoms with Crippen molar-refractivity contribution in [2.24, 2.45) is 5.10 Å². The van der Waals surface area contributed by atoms with Crippen molar-refractivity contribution in [1.82, 2.24) is 5.43 Å². The summed E-state index contributed by atoms with van der Waals surface area (Å²) in [7, 11) is 0. The van der Waals surface area contributed by atoms with E-state index in [-0.39, 0.29) is 0 Å². The molecule has 0 heterocycles. The van der Waals surface area contributed by atoms with Gasteiger partial charge >= 0.3 is 0 Å². The minimum Gasteiger partial charge on any atom is -0.488 e. The monoisotopic (exact) mass is 439 g/mol. The van der Waals surface area contributed by atoms with Gasteiger partial charge in [0.05, 0.1) is 6.21 Å². The van der Waals surface area contributed by atoms with E-state index in [1.54, 1.807) is 6.21 Å². The molecule has 0 saturated carbocycles. The fourth-order valence-electron chi connectivity index (χ4n) is 2.33. The number of nitrogens with one attached hydrogen (secondary N) is 2. The van der Waals surface area contributed by atoms with Gasteiger partial charge in [0.25, 0.3) is 0 Å². The highest BCUT2D eigenvalue weighted by Gasteiger charge is 2.04. The number of thiocarbonyl (C=S) groups is 1. The van der Waals surface area contributed by atoms with Gasteiger partial charge in [-0.05, 0) is 48.1 Å². The average molecular weight is 440 g/mol. The summed E-state index contributed by atoms with van der Waals surface area (Å²) < 4.78 is 6.89. The van der Waals surface area contributed by atoms with Crippen molar-refractivity contribution in [2.75, 3.05) is 5.32 Å². The largest absolute Gasteiger partial charge is 0.488 e. The Hall–Kier alpha value is -2.70. The number of hydrogen-bond acceptors (Lipinski definition) is 3. The summed E-state index contributed by atoms with van der Waals surface area (Å²) in [5.41, 5.74) is 5.67. The first kappa shape index (κ1) is 19.1. The first-order chi connectivity index (χ1) is 13.2. The second-order valence-corrected chi connectivity index (χ2v) is 6.97. The minimum atomic E-state index is 0.416. The van der Waals surface area contributed by atoms with Gasteiger partial charge in [0.1, 0.15) is 12.4 Å². The molecular formula is C21H18BrN3OS. The summed E-state index contributed by atoms with van der Waals surface area (Å²) in [4.78, 5) is 0. The molecule has 3 aromatic rings. The van der Waals surface area contributed by atoms with Crippen LogP contribution in [0.25, 0.3) is 0 Å². The number of ether oxygens (including phenoxy) is 1. The lowest BCUT2D eigenvalue weighted by atomic mass is 10.2. The van der Waals surface area contributed by atoms with Crippen LogP contribution in [0.4, 0.5) is 5.69 Å². The summed E-state index contributed by atoms with van der Waals surface area (Å²) in [5, 5.41) is 7.70. The summed E-state index contributed by atoms with van der Waals surface area (Å²) >= 11 is 8.73. The van der Waals surface area contributed by atoms with Crippen LogP contribution < -0.4 is 15.5 Å². The van der Waals surface area contributed by atoms with Crippen LogP contribution in [0, 0.1) is 0 Å². The number of nitrogens with zero attached hydrogens (tertiary/aromatic N) is 1. The molecule has 0 radical (unpaired) electrons. The van der Waals surface area contributed by atoms with Crippen LogP contribution in [0.2, 0.25) is 0 Å². The van der Waals surface area contributed by atoms with Gasteiger partial charge in [0, 0.05) is 15.7 Å². The predicted octanol–water partition coefficient (Wildman–Crippen LogP) is 5.35. The summed E-state index contributed by atoms with van der Waals surface area (Å²) in [6.45, 7) is 0.491. The highest BCUT2D eigenvalue weighted by atomic mass is 79.9. The molecule has 0 saturated heterocycles. The number of halogens is 1. The third-order valence-corrected chi connectivity index (χ3v) is 4.30. The zero-order valence-electron chi connectivity index (χ0n) is 14.4. The Kier molecular flexibility index (Phi) is 6.96. The van der Waals surface area contributed by atoms with E-state index in [2.05, 4.69) is 31.8 Å². The number of anilines is 1. The van der Waals surface area contributed by atoms with E-state index in [9.17, 15) is 0 Å². The van der Waals surface area contributed by atoms with Crippen LogP contribution in [0.15, 0.2) is 88.4 Å². The molecular weight excluding hydrogens is 422 g/mol. The van der Waals surface area contributed by atoms with E-state index in [1.807, 2.05) is 78.9 Å². The Morgan fingerprint density at radius 2 is 1.70 bits per heavy atom. The molecule has 2 N–H and O–H groups in total. The molecule has 136 valence electrons. The molecule has 3 rings (SSSR count). The second kappa shape index (κ2) is 9.85. The molecule has 4 nitrogen and oxygen atoms in total. The van der Waals surface area contributed by atoms with Crippen molar-refractivity contribution in [3.8, 4) is 5.75 Å². The van der Waals surface area contributed by atoms with Crippen molar-refractivity contribution in [3.05, 3.63) is 94.5 Å². The van der Waals surface area contributed by atoms with Gasteiger partial charge in [-0.2, -0.15) is 5.10 Å². The van der Waals surface area contributed by atoms with E-state index in [0.29, 0.717) is 11.7 Å². The van der Waals surface area contributed by atoms with E-state index in [0.717, 1.165) is 27.0 Å². The van der Waals surface area contributed by atoms with Crippen LogP contribution in [-0.2, 0) is 6.61 Å². The van der Waals surface area contributed by atoms with Gasteiger partial charge in [-0.15, -0.1) is 0 Å². The fraction of sp³-hybridized carbons (Fsp3) is 0.0476. The predicted molar refractivity (Wildman–Crippen MR) is 118 cm³/mol. The van der Waals surface area contributed by atoms with Crippen molar-refractivity contribution in [3.63, 3.8) is 0 Å². The van der Waals surface area contributed by atoms with Gasteiger partial charge in [0.2, 0.25) is 0 Å². The van der Waals surface area contributed by atoms with Gasteiger partial charge in [-0.25, -0.2) is 0 Å². The number of hydrazone groups is 1. The van der Waals surface area contributed by atoms with Gasteiger partial charge in [-0.1, -0.05) is 64.5 Å². The SMILES string of the molecule is S=C(N/N=C/c1cc(Br)ccc1OCc1ccccc1)Nc1ccccc1. The molecule has 0 amide bonds. The minimum absolute atomic E-state index is 0.416. The van der Waals surface area contributed by atoms with Gasteiger partial charge in [0.15, 0.2) is 5.11 Å². The van der Waals surface area contributed by atoms with Gasteiger partial charge in [-0.3, -0.25) is 5.43 Å². The number of rotatable bonds is 6. The van der Waals surface area contributed by atoms with Crippen molar-refractivity contribution < 1.29 is 4.74 Å². The quantitative estimate of drug-likeness (QED) is 0.308. The topological polar surface area (TPSA) is 45.7 Å². The smallest absolute Gasteiger partial charge is 0.191 e. The lowest BCUT2D eigenvalue weighted by molar-refractivity contribution is 0.306. The molecule has 0 aliphatic rings. The zero-order chi connectivity index (χ0) is 18.9. The first-order valence-corrected chi connectivity index (χ1v) is 9.52. The molecule has 0 aliphatic heterocycles. The number of para-hydroxylation sites is 1. The molecule has 3 aromatic carbocycles. The third kappa shape index (κ3) is 6.20. The first-order valence-electron chi connectivity index (χ1n) is 8.32. The van der Waals surface area contributed by atoms with Crippen LogP contribution in [-0.4, -0.2) is 11.3 Å². The van der Waals surface area contributed by atoms with Crippen molar-refractivity contribution in [1.29, 1.82) is 0 Å². The maximum atomic E-state index is 5.94. The molecule has 0 fully saturated rings. The van der Waals surface area contributed by atoms with Crippen LogP contribution in [0.5, 0.6) is 5.75 Å². The Balaban J connectivity index is 1.62. The van der Waals surface area contributed by atoms with E-state index in [4.69, 9.17) is 17.0 Å². The number of hydrogen-bond donors (Lipinski definition) is 2. The van der Waals surface area contributed by atoms with E-state index in [1.165, 1.54) is 0 Å². The molecule has 0 aliphatic carbocycles. The Bertz CT molecular complexity index is 917. The molecule has 0 atom stereocenters. The lowest BCUT2D eigenvalue weighted by Crippen LogP contribution is -2.23. The zero-order valence-corrected chi connectivity index (χ0v) is 16.8. The normalized spacial score (nSPS) is 10.6. The molecule has 0 unspecified atom stereocenters. The van der Waals surface area contributed by atoms with Crippen LogP contribution in [0.3, 0.4) is 0 Å².